The largest absolute Gasteiger partial charge is 0.493 e. The number of rotatable bonds is 7. The molecule has 1 aliphatic rings. The number of carbonyl (C=O) groups excluding carboxylic acids is 1. The lowest BCUT2D eigenvalue weighted by Gasteiger charge is -2.22. The van der Waals surface area contributed by atoms with Crippen molar-refractivity contribution in [2.24, 2.45) is 0 Å². The monoisotopic (exact) mass is 343 g/mol. The topological polar surface area (TPSA) is 54.0 Å². The van der Waals surface area contributed by atoms with Gasteiger partial charge in [-0.2, -0.15) is 8.78 Å². The minimum atomic E-state index is -2.96. The maximum Gasteiger partial charge on any atom is 0.387 e. The number of urea groups is 1. The number of methoxy groups -OCH3 is 1. The fourth-order valence-corrected chi connectivity index (χ4v) is 2.56. The predicted octanol–water partition coefficient (Wildman–Crippen LogP) is 2.86. The van der Waals surface area contributed by atoms with E-state index >= 15 is 0 Å². The van der Waals surface area contributed by atoms with Gasteiger partial charge in [0.2, 0.25) is 0 Å². The number of nitrogens with one attached hydrogen (secondary N) is 1. The van der Waals surface area contributed by atoms with Gasteiger partial charge in [-0.1, -0.05) is 0 Å². The molecule has 1 aromatic rings. The number of anilines is 1. The fourth-order valence-electron chi connectivity index (χ4n) is 2.56. The van der Waals surface area contributed by atoms with Crippen LogP contribution < -0.4 is 14.8 Å². The molecule has 0 unspecified atom stereocenters. The molecule has 8 heteroatoms. The van der Waals surface area contributed by atoms with Gasteiger partial charge in [-0.25, -0.2) is 4.79 Å². The molecule has 0 radical (unpaired) electrons. The lowest BCUT2D eigenvalue weighted by atomic mass is 10.2. The summed E-state index contributed by atoms with van der Waals surface area (Å²) in [6.07, 6.45) is 2.41. The Morgan fingerprint density at radius 3 is 2.67 bits per heavy atom. The average Bonchev–Trinajstić information content (AvgIpc) is 3.05. The summed E-state index contributed by atoms with van der Waals surface area (Å²) < 4.78 is 34.2. The number of ether oxygens (including phenoxy) is 2. The lowest BCUT2D eigenvalue weighted by Crippen LogP contribution is -2.37. The van der Waals surface area contributed by atoms with Gasteiger partial charge in [-0.3, -0.25) is 0 Å². The maximum atomic E-state index is 12.4. The normalized spacial score (nSPS) is 14.7. The Kier molecular flexibility index (Phi) is 6.60. The molecule has 6 nitrogen and oxygen atoms in total. The number of likely N-dealkylation sites (tertiary alicyclic amines) is 1. The molecule has 1 fully saturated rings. The first-order valence-corrected chi connectivity index (χ1v) is 7.87. The summed E-state index contributed by atoms with van der Waals surface area (Å²) in [6, 6.07) is 4.06. The average molecular weight is 343 g/mol. The van der Waals surface area contributed by atoms with Crippen LogP contribution in [0, 0.1) is 0 Å². The summed E-state index contributed by atoms with van der Waals surface area (Å²) in [5.74, 6) is 0.0562. The van der Waals surface area contributed by atoms with E-state index in [0.29, 0.717) is 12.2 Å². The Morgan fingerprint density at radius 2 is 2.04 bits per heavy atom. The molecule has 0 bridgehead atoms. The third kappa shape index (κ3) is 5.23. The van der Waals surface area contributed by atoms with Crippen molar-refractivity contribution < 1.29 is 23.0 Å². The van der Waals surface area contributed by atoms with Crippen molar-refractivity contribution in [1.29, 1.82) is 0 Å². The third-order valence-electron chi connectivity index (χ3n) is 3.93. The molecule has 0 aromatic heterocycles. The van der Waals surface area contributed by atoms with E-state index in [9.17, 15) is 13.6 Å². The van der Waals surface area contributed by atoms with Crippen LogP contribution in [-0.2, 0) is 0 Å². The molecule has 1 aliphatic heterocycles. The van der Waals surface area contributed by atoms with Crippen molar-refractivity contribution in [3.05, 3.63) is 18.2 Å². The molecule has 0 saturated carbocycles. The highest BCUT2D eigenvalue weighted by molar-refractivity contribution is 5.89. The van der Waals surface area contributed by atoms with Gasteiger partial charge in [0, 0.05) is 31.9 Å². The number of alkyl halides is 2. The van der Waals surface area contributed by atoms with Gasteiger partial charge >= 0.3 is 12.6 Å². The number of hydrogen-bond donors (Lipinski definition) is 1. The quantitative estimate of drug-likeness (QED) is 0.827. The zero-order valence-corrected chi connectivity index (χ0v) is 13.9. The Bertz CT molecular complexity index is 551. The van der Waals surface area contributed by atoms with Crippen LogP contribution in [0.3, 0.4) is 0 Å². The summed E-state index contributed by atoms with van der Waals surface area (Å²) in [5, 5.41) is 2.67. The highest BCUT2D eigenvalue weighted by Crippen LogP contribution is 2.31. The first-order chi connectivity index (χ1) is 11.5. The molecule has 1 heterocycles. The second kappa shape index (κ2) is 8.68. The van der Waals surface area contributed by atoms with E-state index < -0.39 is 6.61 Å². The molecule has 24 heavy (non-hydrogen) atoms. The van der Waals surface area contributed by atoms with E-state index in [1.165, 1.54) is 32.1 Å². The molecule has 0 aliphatic carbocycles. The van der Waals surface area contributed by atoms with E-state index in [0.717, 1.165) is 19.6 Å². The van der Waals surface area contributed by atoms with Gasteiger partial charge < -0.3 is 24.6 Å². The standard InChI is InChI=1S/C16H23F2N3O3/c1-20(9-10-21-7-3-4-8-21)16(22)19-12-5-6-13(23-2)14(11-12)24-15(17)18/h5-6,11,15H,3-4,7-10H2,1-2H3,(H,19,22). The Morgan fingerprint density at radius 1 is 1.33 bits per heavy atom. The number of benzene rings is 1. The molecule has 2 rings (SSSR count). The van der Waals surface area contributed by atoms with Crippen LogP contribution >= 0.6 is 0 Å². The molecular formula is C16H23F2N3O3. The zero-order chi connectivity index (χ0) is 17.5. The van der Waals surface area contributed by atoms with E-state index in [2.05, 4.69) is 15.0 Å². The van der Waals surface area contributed by atoms with Crippen molar-refractivity contribution >= 4 is 11.7 Å². The van der Waals surface area contributed by atoms with Crippen molar-refractivity contribution in [3.8, 4) is 11.5 Å². The van der Waals surface area contributed by atoms with Crippen LogP contribution in [0.2, 0.25) is 0 Å². The van der Waals surface area contributed by atoms with Crippen LogP contribution in [0.15, 0.2) is 18.2 Å². The van der Waals surface area contributed by atoms with Crippen LogP contribution in [-0.4, -0.2) is 62.8 Å². The zero-order valence-electron chi connectivity index (χ0n) is 13.9. The summed E-state index contributed by atoms with van der Waals surface area (Å²) in [6.45, 7) is 0.604. The van der Waals surface area contributed by atoms with Gasteiger partial charge in [0.15, 0.2) is 11.5 Å². The van der Waals surface area contributed by atoms with E-state index in [1.807, 2.05) is 0 Å². The van der Waals surface area contributed by atoms with Gasteiger partial charge in [-0.05, 0) is 38.1 Å². The number of halogens is 2. The van der Waals surface area contributed by atoms with E-state index in [1.54, 1.807) is 18.0 Å². The molecular weight excluding hydrogens is 320 g/mol. The second-order valence-electron chi connectivity index (χ2n) is 5.64. The highest BCUT2D eigenvalue weighted by Gasteiger charge is 2.16. The van der Waals surface area contributed by atoms with Gasteiger partial charge in [-0.15, -0.1) is 0 Å². The Hall–Kier alpha value is -2.09. The minimum Gasteiger partial charge on any atom is -0.493 e. The summed E-state index contributed by atoms with van der Waals surface area (Å²) in [5.41, 5.74) is 0.365. The van der Waals surface area contributed by atoms with Crippen LogP contribution in [0.1, 0.15) is 12.8 Å². The third-order valence-corrected chi connectivity index (χ3v) is 3.93. The summed E-state index contributed by atoms with van der Waals surface area (Å²) in [7, 11) is 3.06. The SMILES string of the molecule is COc1ccc(NC(=O)N(C)CCN2CCCC2)cc1OC(F)F. The first kappa shape index (κ1) is 18.3. The van der Waals surface area contributed by atoms with Crippen molar-refractivity contribution in [2.75, 3.05) is 45.7 Å². The van der Waals surface area contributed by atoms with Crippen LogP contribution in [0.4, 0.5) is 19.3 Å². The van der Waals surface area contributed by atoms with E-state index in [4.69, 9.17) is 4.74 Å². The first-order valence-electron chi connectivity index (χ1n) is 7.87. The maximum absolute atomic E-state index is 12.4. The number of carbonyl (C=O) groups is 1. The number of nitrogens with zero attached hydrogens (tertiary/aromatic N) is 2. The smallest absolute Gasteiger partial charge is 0.387 e. The Labute approximate surface area is 140 Å². The summed E-state index contributed by atoms with van der Waals surface area (Å²) in [4.78, 5) is 16.1. The second-order valence-corrected chi connectivity index (χ2v) is 5.64. The highest BCUT2D eigenvalue weighted by atomic mass is 19.3. The van der Waals surface area contributed by atoms with Gasteiger partial charge in [0.05, 0.1) is 7.11 Å². The number of amides is 2. The van der Waals surface area contributed by atoms with Crippen molar-refractivity contribution in [1.82, 2.24) is 9.80 Å². The number of hydrogen-bond acceptors (Lipinski definition) is 4. The molecule has 0 spiro atoms. The molecule has 1 saturated heterocycles. The molecule has 2 amide bonds. The molecule has 1 N–H and O–H groups in total. The predicted molar refractivity (Wildman–Crippen MR) is 86.9 cm³/mol. The molecule has 1 aromatic carbocycles. The fraction of sp³-hybridized carbons (Fsp3) is 0.562. The molecule has 0 atom stereocenters. The minimum absolute atomic E-state index is 0.120. The van der Waals surface area contributed by atoms with Gasteiger partial charge in [0.1, 0.15) is 0 Å². The summed E-state index contributed by atoms with van der Waals surface area (Å²) >= 11 is 0. The lowest BCUT2D eigenvalue weighted by molar-refractivity contribution is -0.0511. The van der Waals surface area contributed by atoms with Crippen molar-refractivity contribution in [2.45, 2.75) is 19.5 Å². The van der Waals surface area contributed by atoms with Gasteiger partial charge in [0.25, 0.3) is 0 Å². The number of likely N-dealkylation sites (N-methyl/N-ethyl adjacent to an activating group) is 1. The van der Waals surface area contributed by atoms with Crippen LogP contribution in [0.5, 0.6) is 11.5 Å². The molecule has 134 valence electrons. The van der Waals surface area contributed by atoms with Crippen LogP contribution in [0.25, 0.3) is 0 Å². The Balaban J connectivity index is 1.92. The van der Waals surface area contributed by atoms with Crippen molar-refractivity contribution in [3.63, 3.8) is 0 Å². The van der Waals surface area contributed by atoms with E-state index in [-0.39, 0.29) is 17.5 Å².